The molecule has 2 N–H and O–H groups in total. The molecule has 0 rings (SSSR count). The molecule has 2 unspecified atom stereocenters. The fraction of sp³-hybridized carbons (Fsp3) is 0.929. The standard InChI is InChI=1S/C14H29NO2/c1-6-12(5)14(7-2,11(3)4)13(17)15-9-8-10-16/h11-12,16H,6-10H2,1-5H3,(H,15,17). The molecule has 0 fully saturated rings. The van der Waals surface area contributed by atoms with Gasteiger partial charge in [-0.1, -0.05) is 41.0 Å². The molecule has 0 aliphatic heterocycles. The van der Waals surface area contributed by atoms with Gasteiger partial charge in [-0.2, -0.15) is 0 Å². The molecule has 0 aromatic carbocycles. The summed E-state index contributed by atoms with van der Waals surface area (Å²) in [5.41, 5.74) is -0.274. The Balaban J connectivity index is 4.83. The second kappa shape index (κ2) is 7.70. The van der Waals surface area contributed by atoms with Gasteiger partial charge in [-0.3, -0.25) is 4.79 Å². The minimum Gasteiger partial charge on any atom is -0.396 e. The second-order valence-electron chi connectivity index (χ2n) is 5.19. The van der Waals surface area contributed by atoms with Crippen LogP contribution < -0.4 is 5.32 Å². The lowest BCUT2D eigenvalue weighted by Gasteiger charge is -2.40. The molecule has 2 atom stereocenters. The highest BCUT2D eigenvalue weighted by molar-refractivity contribution is 5.83. The topological polar surface area (TPSA) is 49.3 Å². The van der Waals surface area contributed by atoms with Crippen molar-refractivity contribution in [1.82, 2.24) is 5.32 Å². The quantitative estimate of drug-likeness (QED) is 0.644. The Morgan fingerprint density at radius 2 is 1.88 bits per heavy atom. The van der Waals surface area contributed by atoms with Crippen molar-refractivity contribution in [1.29, 1.82) is 0 Å². The summed E-state index contributed by atoms with van der Waals surface area (Å²) in [7, 11) is 0. The first kappa shape index (κ1) is 16.4. The third kappa shape index (κ3) is 3.70. The van der Waals surface area contributed by atoms with Crippen molar-refractivity contribution in [3.63, 3.8) is 0 Å². The van der Waals surface area contributed by atoms with Crippen molar-refractivity contribution in [2.45, 2.75) is 53.9 Å². The summed E-state index contributed by atoms with van der Waals surface area (Å²) in [4.78, 5) is 12.4. The van der Waals surface area contributed by atoms with Gasteiger partial charge in [-0.05, 0) is 24.7 Å². The van der Waals surface area contributed by atoms with Gasteiger partial charge < -0.3 is 10.4 Å². The molecule has 0 aliphatic rings. The molecule has 17 heavy (non-hydrogen) atoms. The highest BCUT2D eigenvalue weighted by Gasteiger charge is 2.43. The zero-order valence-electron chi connectivity index (χ0n) is 12.0. The number of carbonyl (C=O) groups is 1. The van der Waals surface area contributed by atoms with Gasteiger partial charge in [0.2, 0.25) is 5.91 Å². The Morgan fingerprint density at radius 3 is 2.24 bits per heavy atom. The van der Waals surface area contributed by atoms with E-state index in [1.54, 1.807) is 0 Å². The SMILES string of the molecule is CCC(C)C(CC)(C(=O)NCCCO)C(C)C. The minimum atomic E-state index is -0.274. The normalized spacial score (nSPS) is 16.6. The summed E-state index contributed by atoms with van der Waals surface area (Å²) in [6.45, 7) is 11.3. The molecule has 3 nitrogen and oxygen atoms in total. The number of hydrogen-bond acceptors (Lipinski definition) is 2. The zero-order chi connectivity index (χ0) is 13.5. The first-order valence-corrected chi connectivity index (χ1v) is 6.86. The van der Waals surface area contributed by atoms with Crippen molar-refractivity contribution in [2.24, 2.45) is 17.3 Å². The molecular weight excluding hydrogens is 214 g/mol. The molecule has 0 heterocycles. The molecule has 3 heteroatoms. The lowest BCUT2D eigenvalue weighted by atomic mass is 9.65. The van der Waals surface area contributed by atoms with Crippen LogP contribution in [-0.2, 0) is 4.79 Å². The molecule has 0 spiro atoms. The van der Waals surface area contributed by atoms with Crippen molar-refractivity contribution in [3.05, 3.63) is 0 Å². The van der Waals surface area contributed by atoms with Gasteiger partial charge in [0.15, 0.2) is 0 Å². The third-order valence-corrected chi connectivity index (χ3v) is 4.15. The lowest BCUT2D eigenvalue weighted by molar-refractivity contribution is -0.138. The molecule has 0 bridgehead atoms. The Morgan fingerprint density at radius 1 is 1.29 bits per heavy atom. The Kier molecular flexibility index (Phi) is 7.44. The highest BCUT2D eigenvalue weighted by Crippen LogP contribution is 2.41. The van der Waals surface area contributed by atoms with Gasteiger partial charge in [-0.25, -0.2) is 0 Å². The van der Waals surface area contributed by atoms with Crippen LogP contribution in [0.5, 0.6) is 0 Å². The van der Waals surface area contributed by atoms with Crippen LogP contribution in [0.4, 0.5) is 0 Å². The van der Waals surface area contributed by atoms with E-state index in [-0.39, 0.29) is 17.9 Å². The van der Waals surface area contributed by atoms with Crippen molar-refractivity contribution in [3.8, 4) is 0 Å². The number of aliphatic hydroxyl groups is 1. The molecule has 0 aliphatic carbocycles. The number of carbonyl (C=O) groups excluding carboxylic acids is 1. The first-order chi connectivity index (χ1) is 7.97. The van der Waals surface area contributed by atoms with Gasteiger partial charge >= 0.3 is 0 Å². The minimum absolute atomic E-state index is 0.129. The van der Waals surface area contributed by atoms with E-state index in [4.69, 9.17) is 5.11 Å². The van der Waals surface area contributed by atoms with Gasteiger partial charge in [-0.15, -0.1) is 0 Å². The average molecular weight is 243 g/mol. The third-order valence-electron chi connectivity index (χ3n) is 4.15. The fourth-order valence-electron chi connectivity index (χ4n) is 2.78. The maximum Gasteiger partial charge on any atom is 0.226 e. The van der Waals surface area contributed by atoms with E-state index in [0.29, 0.717) is 24.8 Å². The van der Waals surface area contributed by atoms with Crippen LogP contribution in [-0.4, -0.2) is 24.2 Å². The molecule has 0 saturated heterocycles. The van der Waals surface area contributed by atoms with Crippen molar-refractivity contribution >= 4 is 5.91 Å². The smallest absolute Gasteiger partial charge is 0.226 e. The van der Waals surface area contributed by atoms with Crippen LogP contribution in [0.25, 0.3) is 0 Å². The number of hydrogen-bond donors (Lipinski definition) is 2. The maximum atomic E-state index is 12.4. The second-order valence-corrected chi connectivity index (χ2v) is 5.19. The molecule has 102 valence electrons. The Bertz CT molecular complexity index is 228. The van der Waals surface area contributed by atoms with Gasteiger partial charge in [0, 0.05) is 13.2 Å². The zero-order valence-corrected chi connectivity index (χ0v) is 12.0. The van der Waals surface area contributed by atoms with Crippen LogP contribution in [0.2, 0.25) is 0 Å². The van der Waals surface area contributed by atoms with Gasteiger partial charge in [0.05, 0.1) is 5.41 Å². The summed E-state index contributed by atoms with van der Waals surface area (Å²) in [6, 6.07) is 0. The van der Waals surface area contributed by atoms with Crippen molar-refractivity contribution < 1.29 is 9.90 Å². The molecular formula is C14H29NO2. The van der Waals surface area contributed by atoms with E-state index in [1.165, 1.54) is 0 Å². The largest absolute Gasteiger partial charge is 0.396 e. The van der Waals surface area contributed by atoms with Crippen LogP contribution >= 0.6 is 0 Å². The maximum absolute atomic E-state index is 12.4. The first-order valence-electron chi connectivity index (χ1n) is 6.86. The molecule has 0 aromatic rings. The van der Waals surface area contributed by atoms with Crippen LogP contribution in [0.15, 0.2) is 0 Å². The predicted octanol–water partition coefficient (Wildman–Crippen LogP) is 2.58. The summed E-state index contributed by atoms with van der Waals surface area (Å²) in [5.74, 6) is 0.857. The fourth-order valence-corrected chi connectivity index (χ4v) is 2.78. The van der Waals surface area contributed by atoms with E-state index in [9.17, 15) is 4.79 Å². The summed E-state index contributed by atoms with van der Waals surface area (Å²) in [5, 5.41) is 11.7. The van der Waals surface area contributed by atoms with Crippen molar-refractivity contribution in [2.75, 3.05) is 13.2 Å². The van der Waals surface area contributed by atoms with Crippen LogP contribution in [0.3, 0.4) is 0 Å². The molecule has 1 amide bonds. The summed E-state index contributed by atoms with van der Waals surface area (Å²) >= 11 is 0. The monoisotopic (exact) mass is 243 g/mol. The number of aliphatic hydroxyl groups excluding tert-OH is 1. The highest BCUT2D eigenvalue weighted by atomic mass is 16.3. The molecule has 0 aromatic heterocycles. The lowest BCUT2D eigenvalue weighted by Crippen LogP contribution is -2.48. The number of rotatable bonds is 8. The van der Waals surface area contributed by atoms with Crippen LogP contribution in [0, 0.1) is 17.3 Å². The average Bonchev–Trinajstić information content (AvgIpc) is 2.30. The molecule has 0 saturated carbocycles. The van der Waals surface area contributed by atoms with E-state index < -0.39 is 0 Å². The van der Waals surface area contributed by atoms with Gasteiger partial charge in [0.1, 0.15) is 0 Å². The van der Waals surface area contributed by atoms with Gasteiger partial charge in [0.25, 0.3) is 0 Å². The van der Waals surface area contributed by atoms with E-state index in [2.05, 4.69) is 39.9 Å². The van der Waals surface area contributed by atoms with E-state index >= 15 is 0 Å². The molecule has 0 radical (unpaired) electrons. The summed E-state index contributed by atoms with van der Waals surface area (Å²) < 4.78 is 0. The van der Waals surface area contributed by atoms with E-state index in [0.717, 1.165) is 12.8 Å². The number of nitrogens with one attached hydrogen (secondary N) is 1. The number of amides is 1. The summed E-state index contributed by atoms with van der Waals surface area (Å²) in [6.07, 6.45) is 2.51. The van der Waals surface area contributed by atoms with Crippen LogP contribution in [0.1, 0.15) is 53.9 Å². The predicted molar refractivity (Wildman–Crippen MR) is 71.7 cm³/mol. The Labute approximate surface area is 106 Å². The Hall–Kier alpha value is -0.570. The van der Waals surface area contributed by atoms with E-state index in [1.807, 2.05) is 0 Å².